The molecule has 1 aromatic rings. The van der Waals surface area contributed by atoms with Crippen molar-refractivity contribution in [2.75, 3.05) is 19.6 Å². The van der Waals surface area contributed by atoms with E-state index in [-0.39, 0.29) is 0 Å². The van der Waals surface area contributed by atoms with Crippen LogP contribution in [0.15, 0.2) is 12.5 Å². The molecule has 4 heteroatoms. The van der Waals surface area contributed by atoms with Crippen LogP contribution in [0.3, 0.4) is 0 Å². The van der Waals surface area contributed by atoms with Crippen molar-refractivity contribution in [3.63, 3.8) is 0 Å². The van der Waals surface area contributed by atoms with Crippen molar-refractivity contribution in [1.29, 1.82) is 0 Å². The minimum absolute atomic E-state index is 0.667. The van der Waals surface area contributed by atoms with E-state index < -0.39 is 0 Å². The summed E-state index contributed by atoms with van der Waals surface area (Å²) in [5, 5.41) is 3.63. The lowest BCUT2D eigenvalue weighted by molar-refractivity contribution is 0.282. The molecule has 2 heterocycles. The van der Waals surface area contributed by atoms with Gasteiger partial charge in [0.25, 0.3) is 0 Å². The molecule has 0 spiro atoms. The number of imidazole rings is 1. The third-order valence-electron chi connectivity index (χ3n) is 3.50. The molecule has 2 N–H and O–H groups in total. The van der Waals surface area contributed by atoms with Gasteiger partial charge in [0.15, 0.2) is 0 Å². The highest BCUT2D eigenvalue weighted by Gasteiger charge is 2.15. The van der Waals surface area contributed by atoms with Crippen LogP contribution in [-0.2, 0) is 6.54 Å². The van der Waals surface area contributed by atoms with Gasteiger partial charge in [-0.05, 0) is 45.3 Å². The molecule has 0 saturated carbocycles. The van der Waals surface area contributed by atoms with Crippen LogP contribution in [0.5, 0.6) is 0 Å². The summed E-state index contributed by atoms with van der Waals surface area (Å²) >= 11 is 0. The number of aromatic nitrogens is 2. The van der Waals surface area contributed by atoms with E-state index in [9.17, 15) is 0 Å². The van der Waals surface area contributed by atoms with Crippen molar-refractivity contribution in [3.8, 4) is 0 Å². The Balaban J connectivity index is 1.71. The lowest BCUT2D eigenvalue weighted by Crippen LogP contribution is -2.31. The first-order valence-electron chi connectivity index (χ1n) is 6.81. The minimum atomic E-state index is 0.667. The lowest BCUT2D eigenvalue weighted by atomic mass is 10.1. The number of rotatable bonds is 5. The van der Waals surface area contributed by atoms with E-state index in [1.165, 1.54) is 51.0 Å². The Kier molecular flexibility index (Phi) is 5.01. The molecular weight excluding hydrogens is 212 g/mol. The highest BCUT2D eigenvalue weighted by atomic mass is 15.1. The van der Waals surface area contributed by atoms with E-state index in [0.717, 1.165) is 6.54 Å². The summed E-state index contributed by atoms with van der Waals surface area (Å²) < 4.78 is 0. The van der Waals surface area contributed by atoms with Crippen LogP contribution in [0.1, 0.15) is 38.3 Å². The van der Waals surface area contributed by atoms with Gasteiger partial charge in [-0.2, -0.15) is 0 Å². The number of nitrogens with zero attached hydrogens (tertiary/aromatic N) is 2. The predicted octanol–water partition coefficient (Wildman–Crippen LogP) is 1.76. The maximum Gasteiger partial charge on any atom is 0.0922 e. The molecule has 0 aromatic carbocycles. The first kappa shape index (κ1) is 12.6. The number of H-pyrrole nitrogens is 1. The smallest absolute Gasteiger partial charge is 0.0922 e. The van der Waals surface area contributed by atoms with Crippen LogP contribution in [0.4, 0.5) is 0 Å². The molecule has 4 nitrogen and oxygen atoms in total. The van der Waals surface area contributed by atoms with Gasteiger partial charge in [0, 0.05) is 24.5 Å². The Morgan fingerprint density at radius 2 is 2.41 bits per heavy atom. The third-order valence-corrected chi connectivity index (χ3v) is 3.50. The largest absolute Gasteiger partial charge is 0.347 e. The van der Waals surface area contributed by atoms with E-state index >= 15 is 0 Å². The van der Waals surface area contributed by atoms with Gasteiger partial charge in [-0.3, -0.25) is 0 Å². The van der Waals surface area contributed by atoms with E-state index in [1.54, 1.807) is 6.33 Å². The quantitative estimate of drug-likeness (QED) is 0.819. The number of hydrogen-bond donors (Lipinski definition) is 2. The van der Waals surface area contributed by atoms with Crippen LogP contribution in [0, 0.1) is 0 Å². The Labute approximate surface area is 104 Å². The van der Waals surface area contributed by atoms with Crippen molar-refractivity contribution in [2.45, 2.75) is 45.2 Å². The van der Waals surface area contributed by atoms with Gasteiger partial charge in [-0.15, -0.1) is 0 Å². The Morgan fingerprint density at radius 1 is 1.47 bits per heavy atom. The zero-order chi connectivity index (χ0) is 11.9. The van der Waals surface area contributed by atoms with Gasteiger partial charge in [-0.25, -0.2) is 4.98 Å². The Bertz CT molecular complexity index is 296. The average Bonchev–Trinajstić information content (AvgIpc) is 2.75. The zero-order valence-electron chi connectivity index (χ0n) is 10.8. The molecule has 1 saturated heterocycles. The van der Waals surface area contributed by atoms with Gasteiger partial charge in [0.1, 0.15) is 0 Å². The molecule has 96 valence electrons. The molecule has 1 aliphatic rings. The standard InChI is InChI=1S/C13H24N4/c1-2-6-17-7-3-4-12(5-8-17)15-10-13-9-14-11-16-13/h9,11-12,15H,2-8,10H2,1H3,(H,14,16). The Morgan fingerprint density at radius 3 is 3.18 bits per heavy atom. The third kappa shape index (κ3) is 4.13. The maximum absolute atomic E-state index is 4.04. The van der Waals surface area contributed by atoms with Crippen molar-refractivity contribution in [3.05, 3.63) is 18.2 Å². The zero-order valence-corrected chi connectivity index (χ0v) is 10.8. The number of aromatic amines is 1. The topological polar surface area (TPSA) is 44.0 Å². The molecule has 17 heavy (non-hydrogen) atoms. The summed E-state index contributed by atoms with van der Waals surface area (Å²) in [4.78, 5) is 9.77. The molecule has 0 bridgehead atoms. The van der Waals surface area contributed by atoms with Gasteiger partial charge >= 0.3 is 0 Å². The summed E-state index contributed by atoms with van der Waals surface area (Å²) in [7, 11) is 0. The summed E-state index contributed by atoms with van der Waals surface area (Å²) in [5.74, 6) is 0. The van der Waals surface area contributed by atoms with Gasteiger partial charge in [-0.1, -0.05) is 6.92 Å². The van der Waals surface area contributed by atoms with Crippen LogP contribution >= 0.6 is 0 Å². The first-order valence-corrected chi connectivity index (χ1v) is 6.81. The second kappa shape index (κ2) is 6.77. The van der Waals surface area contributed by atoms with Crippen molar-refractivity contribution in [2.24, 2.45) is 0 Å². The fraction of sp³-hybridized carbons (Fsp3) is 0.769. The van der Waals surface area contributed by atoms with Crippen LogP contribution < -0.4 is 5.32 Å². The molecule has 1 atom stereocenters. The fourth-order valence-electron chi connectivity index (χ4n) is 2.54. The molecule has 1 unspecified atom stereocenters. The monoisotopic (exact) mass is 236 g/mol. The Hall–Kier alpha value is -0.870. The second-order valence-corrected chi connectivity index (χ2v) is 4.93. The SMILES string of the molecule is CCCN1CCCC(NCc2cnc[nH]2)CC1. The molecule has 1 aromatic heterocycles. The van der Waals surface area contributed by atoms with E-state index in [2.05, 4.69) is 27.1 Å². The van der Waals surface area contributed by atoms with Crippen molar-refractivity contribution >= 4 is 0 Å². The van der Waals surface area contributed by atoms with Crippen LogP contribution in [0.25, 0.3) is 0 Å². The van der Waals surface area contributed by atoms with Gasteiger partial charge < -0.3 is 15.2 Å². The first-order chi connectivity index (χ1) is 8.38. The summed E-state index contributed by atoms with van der Waals surface area (Å²) in [6.07, 6.45) is 8.80. The minimum Gasteiger partial charge on any atom is -0.347 e. The van der Waals surface area contributed by atoms with Crippen LogP contribution in [0.2, 0.25) is 0 Å². The summed E-state index contributed by atoms with van der Waals surface area (Å²) in [6.45, 7) is 6.95. The van der Waals surface area contributed by atoms with Crippen molar-refractivity contribution < 1.29 is 0 Å². The predicted molar refractivity (Wildman–Crippen MR) is 69.8 cm³/mol. The number of likely N-dealkylation sites (tertiary alicyclic amines) is 1. The molecule has 1 aliphatic heterocycles. The fourth-order valence-corrected chi connectivity index (χ4v) is 2.54. The molecular formula is C13H24N4. The number of hydrogen-bond acceptors (Lipinski definition) is 3. The van der Waals surface area contributed by atoms with Gasteiger partial charge in [0.05, 0.1) is 6.33 Å². The normalized spacial score (nSPS) is 22.5. The molecule has 2 rings (SSSR count). The summed E-state index contributed by atoms with van der Waals surface area (Å²) in [5.41, 5.74) is 1.18. The van der Waals surface area contributed by atoms with E-state index in [4.69, 9.17) is 0 Å². The molecule has 0 aliphatic carbocycles. The second-order valence-electron chi connectivity index (χ2n) is 4.93. The van der Waals surface area contributed by atoms with E-state index in [0.29, 0.717) is 6.04 Å². The van der Waals surface area contributed by atoms with E-state index in [1.807, 2.05) is 6.20 Å². The van der Waals surface area contributed by atoms with Crippen LogP contribution in [-0.4, -0.2) is 40.5 Å². The lowest BCUT2D eigenvalue weighted by Gasteiger charge is -2.19. The van der Waals surface area contributed by atoms with Gasteiger partial charge in [0.2, 0.25) is 0 Å². The highest BCUT2D eigenvalue weighted by molar-refractivity contribution is 4.94. The number of nitrogens with one attached hydrogen (secondary N) is 2. The molecule has 0 amide bonds. The highest BCUT2D eigenvalue weighted by Crippen LogP contribution is 2.11. The van der Waals surface area contributed by atoms with Crippen molar-refractivity contribution in [1.82, 2.24) is 20.2 Å². The molecule has 1 fully saturated rings. The average molecular weight is 236 g/mol. The molecule has 0 radical (unpaired) electrons. The maximum atomic E-state index is 4.04. The summed E-state index contributed by atoms with van der Waals surface area (Å²) in [6, 6.07) is 0.667.